The lowest BCUT2D eigenvalue weighted by molar-refractivity contribution is -0.151. The molecular formula is C49H91NO5. The summed E-state index contributed by atoms with van der Waals surface area (Å²) in [6.45, 7) is 6.35. The largest absolute Gasteiger partial charge is 0.462 e. The predicted molar refractivity (Wildman–Crippen MR) is 236 cm³/mol. The molecule has 3 N–H and O–H groups in total. The smallest absolute Gasteiger partial charge is 0.306 e. The van der Waals surface area contributed by atoms with E-state index in [1.165, 1.54) is 116 Å². The van der Waals surface area contributed by atoms with Gasteiger partial charge in [0.1, 0.15) is 6.10 Å². The van der Waals surface area contributed by atoms with Crippen molar-refractivity contribution in [2.24, 2.45) is 0 Å². The van der Waals surface area contributed by atoms with E-state index < -0.39 is 18.2 Å². The van der Waals surface area contributed by atoms with Gasteiger partial charge in [-0.25, -0.2) is 0 Å². The highest BCUT2D eigenvalue weighted by Gasteiger charge is 2.24. The summed E-state index contributed by atoms with van der Waals surface area (Å²) < 4.78 is 5.90. The highest BCUT2D eigenvalue weighted by atomic mass is 16.5. The molecule has 0 heterocycles. The van der Waals surface area contributed by atoms with E-state index in [1.54, 1.807) is 0 Å². The van der Waals surface area contributed by atoms with Gasteiger partial charge < -0.3 is 20.3 Å². The molecule has 0 aliphatic heterocycles. The Morgan fingerprint density at radius 3 is 1.49 bits per heavy atom. The molecule has 1 amide bonds. The Hall–Kier alpha value is -1.92. The molecule has 55 heavy (non-hydrogen) atoms. The number of amides is 1. The minimum Gasteiger partial charge on any atom is -0.462 e. The van der Waals surface area contributed by atoms with Gasteiger partial charge in [0.2, 0.25) is 5.91 Å². The van der Waals surface area contributed by atoms with Crippen LogP contribution in [0.4, 0.5) is 0 Å². The Kier molecular flexibility index (Phi) is 41.7. The molecule has 0 rings (SSSR count). The second-order valence-corrected chi connectivity index (χ2v) is 16.1. The number of esters is 1. The molecule has 0 aromatic carbocycles. The summed E-state index contributed by atoms with van der Waals surface area (Å²) in [7, 11) is 0. The van der Waals surface area contributed by atoms with E-state index in [0.29, 0.717) is 19.3 Å². The van der Waals surface area contributed by atoms with Crippen molar-refractivity contribution in [2.45, 2.75) is 257 Å². The Labute approximate surface area is 341 Å². The average molecular weight is 774 g/mol. The lowest BCUT2D eigenvalue weighted by Gasteiger charge is -2.24. The highest BCUT2D eigenvalue weighted by Crippen LogP contribution is 2.18. The van der Waals surface area contributed by atoms with Crippen LogP contribution in [0, 0.1) is 0 Å². The van der Waals surface area contributed by atoms with Crippen LogP contribution in [0.15, 0.2) is 36.5 Å². The van der Waals surface area contributed by atoms with Crippen LogP contribution in [0.5, 0.6) is 0 Å². The summed E-state index contributed by atoms with van der Waals surface area (Å²) in [5.41, 5.74) is 0. The van der Waals surface area contributed by atoms with Gasteiger partial charge in [-0.3, -0.25) is 9.59 Å². The maximum Gasteiger partial charge on any atom is 0.306 e. The second-order valence-electron chi connectivity index (χ2n) is 16.1. The molecule has 0 saturated carbocycles. The number of allylic oxidation sites excluding steroid dienone is 6. The molecule has 0 aliphatic rings. The molecule has 3 atom stereocenters. The van der Waals surface area contributed by atoms with Gasteiger partial charge in [0.05, 0.1) is 25.2 Å². The van der Waals surface area contributed by atoms with Crippen molar-refractivity contribution in [3.05, 3.63) is 36.5 Å². The summed E-state index contributed by atoms with van der Waals surface area (Å²) in [6.07, 6.45) is 49.2. The first-order chi connectivity index (χ1) is 27.0. The van der Waals surface area contributed by atoms with Gasteiger partial charge >= 0.3 is 5.97 Å². The number of carbonyl (C=O) groups excluding carboxylic acids is 2. The molecule has 0 aromatic rings. The number of nitrogens with one attached hydrogen (secondary N) is 1. The second kappa shape index (κ2) is 43.2. The van der Waals surface area contributed by atoms with E-state index in [-0.39, 0.29) is 24.9 Å². The van der Waals surface area contributed by atoms with Crippen molar-refractivity contribution in [2.75, 3.05) is 6.61 Å². The normalized spacial score (nSPS) is 13.6. The van der Waals surface area contributed by atoms with E-state index in [9.17, 15) is 19.8 Å². The van der Waals surface area contributed by atoms with Gasteiger partial charge in [0.15, 0.2) is 0 Å². The molecular weight excluding hydrogens is 683 g/mol. The van der Waals surface area contributed by atoms with Gasteiger partial charge in [-0.2, -0.15) is 0 Å². The van der Waals surface area contributed by atoms with Crippen molar-refractivity contribution in [1.82, 2.24) is 5.32 Å². The van der Waals surface area contributed by atoms with E-state index in [4.69, 9.17) is 4.74 Å². The maximum absolute atomic E-state index is 13.1. The molecule has 3 unspecified atom stereocenters. The van der Waals surface area contributed by atoms with E-state index in [2.05, 4.69) is 62.5 Å². The minimum atomic E-state index is -0.785. The quantitative estimate of drug-likeness (QED) is 0.0326. The lowest BCUT2D eigenvalue weighted by Crippen LogP contribution is -2.46. The number of carbonyl (C=O) groups is 2. The highest BCUT2D eigenvalue weighted by molar-refractivity contribution is 5.77. The van der Waals surface area contributed by atoms with Crippen LogP contribution >= 0.6 is 0 Å². The Morgan fingerprint density at radius 2 is 0.982 bits per heavy atom. The first-order valence-corrected chi connectivity index (χ1v) is 23.7. The molecule has 6 nitrogen and oxygen atoms in total. The van der Waals surface area contributed by atoms with Gasteiger partial charge in [-0.15, -0.1) is 0 Å². The molecule has 0 aliphatic carbocycles. The third kappa shape index (κ3) is 38.7. The standard InChI is InChI=1S/C49H91NO5/c1-4-7-10-13-16-19-21-22-23-24-25-27-30-33-36-39-42-49(54)55-45(40-37-34-31-28-18-15-12-9-6-3)43-48(53)50-46(44-51)47(52)41-38-35-32-29-26-20-17-14-11-8-5-2/h7,10,16,19,22-23,45-47,51-52H,4-6,8-9,11-15,17-18,20-21,24-44H2,1-3H3,(H,50,53)/b10-7+,19-16+,23-22+. The van der Waals surface area contributed by atoms with Gasteiger partial charge in [0, 0.05) is 6.42 Å². The van der Waals surface area contributed by atoms with Crippen molar-refractivity contribution in [3.8, 4) is 0 Å². The number of hydrogen-bond acceptors (Lipinski definition) is 5. The number of aliphatic hydroxyl groups is 2. The summed E-state index contributed by atoms with van der Waals surface area (Å²) in [5.74, 6) is -0.485. The summed E-state index contributed by atoms with van der Waals surface area (Å²) in [6, 6.07) is -0.698. The fourth-order valence-corrected chi connectivity index (χ4v) is 7.15. The summed E-state index contributed by atoms with van der Waals surface area (Å²) in [5, 5.41) is 23.6. The van der Waals surface area contributed by atoms with Crippen molar-refractivity contribution in [1.29, 1.82) is 0 Å². The fourth-order valence-electron chi connectivity index (χ4n) is 7.15. The molecule has 0 saturated heterocycles. The topological polar surface area (TPSA) is 95.9 Å². The number of unbranched alkanes of at least 4 members (excludes halogenated alkanes) is 24. The van der Waals surface area contributed by atoms with Crippen LogP contribution in [0.2, 0.25) is 0 Å². The number of rotatable bonds is 42. The third-order valence-electron chi connectivity index (χ3n) is 10.7. The van der Waals surface area contributed by atoms with Crippen LogP contribution in [-0.2, 0) is 14.3 Å². The molecule has 0 bridgehead atoms. The van der Waals surface area contributed by atoms with Gasteiger partial charge in [-0.05, 0) is 57.8 Å². The zero-order valence-corrected chi connectivity index (χ0v) is 36.6. The first kappa shape index (κ1) is 53.1. The van der Waals surface area contributed by atoms with Crippen molar-refractivity contribution >= 4 is 11.9 Å². The molecule has 0 spiro atoms. The average Bonchev–Trinajstić information content (AvgIpc) is 3.18. The first-order valence-electron chi connectivity index (χ1n) is 23.7. The predicted octanol–water partition coefficient (Wildman–Crippen LogP) is 13.7. The fraction of sp³-hybridized carbons (Fsp3) is 0.837. The van der Waals surface area contributed by atoms with Crippen molar-refractivity contribution in [3.63, 3.8) is 0 Å². The lowest BCUT2D eigenvalue weighted by atomic mass is 10.0. The number of ether oxygens (including phenoxy) is 1. The maximum atomic E-state index is 13.1. The summed E-state index contributed by atoms with van der Waals surface area (Å²) >= 11 is 0. The van der Waals surface area contributed by atoms with E-state index in [1.807, 2.05) is 0 Å². The molecule has 0 fully saturated rings. The zero-order chi connectivity index (χ0) is 40.3. The molecule has 322 valence electrons. The Balaban J connectivity index is 4.51. The zero-order valence-electron chi connectivity index (χ0n) is 36.6. The SMILES string of the molecule is CC/C=C/C/C=C/C/C=C/CCCCCCCCC(=O)OC(CCCCCCCCCCC)CC(=O)NC(CO)C(O)CCCCCCCCCCCCC. The van der Waals surface area contributed by atoms with Crippen molar-refractivity contribution < 1.29 is 24.5 Å². The Bertz CT molecular complexity index is 915. The summed E-state index contributed by atoms with van der Waals surface area (Å²) in [4.78, 5) is 26.0. The third-order valence-corrected chi connectivity index (χ3v) is 10.7. The molecule has 0 radical (unpaired) electrons. The van der Waals surface area contributed by atoms with Crippen LogP contribution in [0.25, 0.3) is 0 Å². The molecule has 6 heteroatoms. The van der Waals surface area contributed by atoms with Gasteiger partial charge in [0.25, 0.3) is 0 Å². The number of aliphatic hydroxyl groups excluding tert-OH is 2. The van der Waals surface area contributed by atoms with E-state index >= 15 is 0 Å². The number of hydrogen-bond donors (Lipinski definition) is 3. The molecule has 0 aromatic heterocycles. The van der Waals surface area contributed by atoms with Gasteiger partial charge in [-0.1, -0.05) is 205 Å². The van der Waals surface area contributed by atoms with Crippen LogP contribution < -0.4 is 5.32 Å². The van der Waals surface area contributed by atoms with Crippen LogP contribution in [0.1, 0.15) is 239 Å². The Morgan fingerprint density at radius 1 is 0.545 bits per heavy atom. The minimum absolute atomic E-state index is 0.0749. The van der Waals surface area contributed by atoms with Crippen LogP contribution in [0.3, 0.4) is 0 Å². The van der Waals surface area contributed by atoms with Crippen LogP contribution in [-0.4, -0.2) is 46.9 Å². The monoisotopic (exact) mass is 774 g/mol. The van der Waals surface area contributed by atoms with E-state index in [0.717, 1.165) is 77.0 Å².